The maximum atomic E-state index is 14.2. The molecule has 250 valence electrons. The Labute approximate surface area is 280 Å². The van der Waals surface area contributed by atoms with E-state index in [9.17, 15) is 24.3 Å². The number of ether oxygens (including phenoxy) is 2. The number of hydrogen-bond acceptors (Lipinski definition) is 8. The molecule has 0 radical (unpaired) electrons. The molecular formula is C36H43N3O7S. The number of carboxylic acids is 1. The van der Waals surface area contributed by atoms with E-state index in [1.807, 2.05) is 84.9 Å². The number of carbonyl (C=O) groups is 4. The summed E-state index contributed by atoms with van der Waals surface area (Å²) in [5, 5.41) is 16.0. The molecule has 0 saturated heterocycles. The summed E-state index contributed by atoms with van der Waals surface area (Å²) in [4.78, 5) is 53.3. The second-order valence-corrected chi connectivity index (χ2v) is 12.5. The highest BCUT2D eigenvalue weighted by molar-refractivity contribution is 7.99. The molecule has 10 nitrogen and oxygen atoms in total. The number of carbonyl (C=O) groups excluding carboxylic acids is 3. The second-order valence-electron chi connectivity index (χ2n) is 11.2. The lowest BCUT2D eigenvalue weighted by Crippen LogP contribution is -2.57. The number of fused-ring (bicyclic) bond motifs is 1. The van der Waals surface area contributed by atoms with Crippen LogP contribution in [-0.4, -0.2) is 76.7 Å². The number of aliphatic carboxylic acids is 1. The first-order chi connectivity index (χ1) is 22.9. The van der Waals surface area contributed by atoms with E-state index < -0.39 is 36.2 Å². The Bertz CT molecular complexity index is 1460. The normalized spacial score (nSPS) is 15.2. The quantitative estimate of drug-likeness (QED) is 0.140. The fourth-order valence-corrected chi connectivity index (χ4v) is 6.31. The smallest absolute Gasteiger partial charge is 0.407 e. The van der Waals surface area contributed by atoms with Gasteiger partial charge in [0.15, 0.2) is 0 Å². The van der Waals surface area contributed by atoms with Crippen molar-refractivity contribution in [2.75, 3.05) is 24.7 Å². The molecule has 0 aliphatic carbocycles. The Morgan fingerprint density at radius 1 is 0.851 bits per heavy atom. The average Bonchev–Trinajstić information content (AvgIpc) is 3.09. The lowest BCUT2D eigenvalue weighted by Gasteiger charge is -2.38. The van der Waals surface area contributed by atoms with Crippen molar-refractivity contribution in [3.05, 3.63) is 107 Å². The molecule has 0 aromatic heterocycles. The third kappa shape index (κ3) is 11.1. The fraction of sp³-hybridized carbons (Fsp3) is 0.389. The molecule has 3 aromatic carbocycles. The number of nitrogens with one attached hydrogen (secondary N) is 2. The third-order valence-corrected chi connectivity index (χ3v) is 8.95. The van der Waals surface area contributed by atoms with Gasteiger partial charge < -0.3 is 24.8 Å². The second kappa shape index (κ2) is 18.7. The highest BCUT2D eigenvalue weighted by Crippen LogP contribution is 2.26. The van der Waals surface area contributed by atoms with E-state index in [1.165, 1.54) is 16.7 Å². The number of aryl methyl sites for hydroxylation is 1. The zero-order valence-electron chi connectivity index (χ0n) is 26.6. The van der Waals surface area contributed by atoms with Crippen molar-refractivity contribution in [1.29, 1.82) is 0 Å². The van der Waals surface area contributed by atoms with Crippen molar-refractivity contribution in [3.8, 4) is 0 Å². The molecule has 2 amide bonds. The van der Waals surface area contributed by atoms with Gasteiger partial charge in [-0.3, -0.25) is 14.9 Å². The largest absolute Gasteiger partial charge is 0.480 e. The Morgan fingerprint density at radius 3 is 2.19 bits per heavy atom. The summed E-state index contributed by atoms with van der Waals surface area (Å²) in [5.41, 5.74) is 3.82. The minimum Gasteiger partial charge on any atom is -0.480 e. The number of esters is 1. The van der Waals surface area contributed by atoms with Crippen LogP contribution in [0.3, 0.4) is 0 Å². The molecule has 0 bridgehead atoms. The van der Waals surface area contributed by atoms with Gasteiger partial charge >= 0.3 is 18.0 Å². The number of thioether (sulfide) groups is 1. The number of amides is 2. The highest BCUT2D eigenvalue weighted by atomic mass is 32.2. The van der Waals surface area contributed by atoms with Gasteiger partial charge in [0.2, 0.25) is 5.91 Å². The van der Waals surface area contributed by atoms with Gasteiger partial charge in [0.25, 0.3) is 0 Å². The van der Waals surface area contributed by atoms with Crippen molar-refractivity contribution in [3.63, 3.8) is 0 Å². The topological polar surface area (TPSA) is 134 Å². The minimum absolute atomic E-state index is 0.179. The lowest BCUT2D eigenvalue weighted by molar-refractivity contribution is -0.157. The van der Waals surface area contributed by atoms with Crippen molar-refractivity contribution in [2.24, 2.45) is 0 Å². The molecule has 3 aromatic rings. The van der Waals surface area contributed by atoms with E-state index in [-0.39, 0.29) is 32.1 Å². The number of benzene rings is 3. The van der Waals surface area contributed by atoms with E-state index in [0.29, 0.717) is 37.3 Å². The third-order valence-electron chi connectivity index (χ3n) is 7.93. The van der Waals surface area contributed by atoms with Crippen LogP contribution < -0.4 is 10.6 Å². The molecule has 1 aliphatic rings. The average molecular weight is 662 g/mol. The number of carboxylic acid groups (broad SMARTS) is 1. The summed E-state index contributed by atoms with van der Waals surface area (Å²) in [7, 11) is 0. The number of nitrogens with zero attached hydrogens (tertiary/aromatic N) is 1. The van der Waals surface area contributed by atoms with E-state index >= 15 is 0 Å². The Morgan fingerprint density at radius 2 is 1.51 bits per heavy atom. The molecular weight excluding hydrogens is 618 g/mol. The summed E-state index contributed by atoms with van der Waals surface area (Å²) in [5.74, 6) is -0.779. The Balaban J connectivity index is 1.40. The molecule has 3 N–H and O–H groups in total. The van der Waals surface area contributed by atoms with Crippen LogP contribution in [0.15, 0.2) is 84.9 Å². The van der Waals surface area contributed by atoms with Gasteiger partial charge in [0.1, 0.15) is 18.7 Å². The summed E-state index contributed by atoms with van der Waals surface area (Å²) in [6, 6.07) is 24.1. The minimum atomic E-state index is -1.05. The first-order valence-electron chi connectivity index (χ1n) is 15.9. The van der Waals surface area contributed by atoms with Crippen molar-refractivity contribution in [2.45, 2.75) is 63.9 Å². The summed E-state index contributed by atoms with van der Waals surface area (Å²) < 4.78 is 10.6. The standard InChI is InChI=1S/C36H43N3O7S/c1-2-45-35(43)32-23-28-15-9-10-16-29(28)24-39(32)33(40)30(38-31(34(41)42)18-17-26-11-5-3-6-12-26)19-21-47-22-20-37-36(44)46-25-27-13-7-4-8-14-27/h3-16,30-32,38H,2,17-25H2,1H3,(H,37,44)(H,41,42)/t30-,31?,32-/m0/s1. The number of rotatable bonds is 17. The number of alkyl carbamates (subject to hydrolysis) is 1. The van der Waals surface area contributed by atoms with Crippen LogP contribution in [0.25, 0.3) is 0 Å². The molecule has 1 aliphatic heterocycles. The summed E-state index contributed by atoms with van der Waals surface area (Å²) in [6.07, 6.45) is 0.946. The molecule has 1 heterocycles. The lowest BCUT2D eigenvalue weighted by atomic mass is 9.93. The predicted molar refractivity (Wildman–Crippen MR) is 181 cm³/mol. The van der Waals surface area contributed by atoms with Crippen LogP contribution >= 0.6 is 11.8 Å². The van der Waals surface area contributed by atoms with Gasteiger partial charge in [0.05, 0.1) is 12.6 Å². The molecule has 4 rings (SSSR count). The van der Waals surface area contributed by atoms with Crippen LogP contribution in [0.4, 0.5) is 4.79 Å². The molecule has 11 heteroatoms. The Kier molecular flexibility index (Phi) is 14.1. The van der Waals surface area contributed by atoms with Crippen LogP contribution in [0, 0.1) is 0 Å². The molecule has 3 atom stereocenters. The van der Waals surface area contributed by atoms with Gasteiger partial charge in [-0.25, -0.2) is 9.59 Å². The molecule has 1 unspecified atom stereocenters. The van der Waals surface area contributed by atoms with Gasteiger partial charge in [-0.05, 0) is 54.2 Å². The van der Waals surface area contributed by atoms with E-state index in [2.05, 4.69) is 10.6 Å². The first kappa shape index (κ1) is 35.5. The fourth-order valence-electron chi connectivity index (χ4n) is 5.46. The van der Waals surface area contributed by atoms with Gasteiger partial charge in [-0.1, -0.05) is 84.9 Å². The SMILES string of the molecule is CCOC(=O)[C@@H]1Cc2ccccc2CN1C(=O)[C@H](CCSCCNC(=O)OCc1ccccc1)NC(CCc1ccccc1)C(=O)O. The van der Waals surface area contributed by atoms with Gasteiger partial charge in [-0.15, -0.1) is 0 Å². The maximum absolute atomic E-state index is 14.2. The van der Waals surface area contributed by atoms with E-state index in [4.69, 9.17) is 9.47 Å². The van der Waals surface area contributed by atoms with Crippen LogP contribution in [0.2, 0.25) is 0 Å². The van der Waals surface area contributed by atoms with Gasteiger partial charge in [-0.2, -0.15) is 11.8 Å². The van der Waals surface area contributed by atoms with Crippen molar-refractivity contribution >= 4 is 35.7 Å². The van der Waals surface area contributed by atoms with Crippen LogP contribution in [0.1, 0.15) is 42.0 Å². The molecule has 47 heavy (non-hydrogen) atoms. The maximum Gasteiger partial charge on any atom is 0.407 e. The predicted octanol–water partition coefficient (Wildman–Crippen LogP) is 4.60. The van der Waals surface area contributed by atoms with E-state index in [0.717, 1.165) is 22.3 Å². The monoisotopic (exact) mass is 661 g/mol. The van der Waals surface area contributed by atoms with E-state index in [1.54, 1.807) is 6.92 Å². The number of hydrogen-bond donors (Lipinski definition) is 3. The van der Waals surface area contributed by atoms with Gasteiger partial charge in [0, 0.05) is 25.3 Å². The summed E-state index contributed by atoms with van der Waals surface area (Å²) in [6.45, 7) is 2.68. The zero-order chi connectivity index (χ0) is 33.4. The van der Waals surface area contributed by atoms with Crippen molar-refractivity contribution in [1.82, 2.24) is 15.5 Å². The summed E-state index contributed by atoms with van der Waals surface area (Å²) >= 11 is 1.53. The molecule has 0 saturated carbocycles. The highest BCUT2D eigenvalue weighted by Gasteiger charge is 2.39. The zero-order valence-corrected chi connectivity index (χ0v) is 27.5. The molecule has 0 spiro atoms. The van der Waals surface area contributed by atoms with Crippen LogP contribution in [-0.2, 0) is 49.9 Å². The first-order valence-corrected chi connectivity index (χ1v) is 17.1. The van der Waals surface area contributed by atoms with Crippen molar-refractivity contribution < 1.29 is 33.8 Å². The van der Waals surface area contributed by atoms with Crippen LogP contribution in [0.5, 0.6) is 0 Å². The molecule has 0 fully saturated rings. The Hall–Kier alpha value is -4.35.